The van der Waals surface area contributed by atoms with Crippen LogP contribution in [0, 0.1) is 6.92 Å². The van der Waals surface area contributed by atoms with Crippen molar-refractivity contribution in [1.29, 1.82) is 0 Å². The third-order valence-electron chi connectivity index (χ3n) is 4.11. The Morgan fingerprint density at radius 1 is 1.20 bits per heavy atom. The molecule has 1 aromatic carbocycles. The number of carbonyl (C=O) groups is 1. The van der Waals surface area contributed by atoms with Crippen LogP contribution in [0.2, 0.25) is 5.02 Å². The molecule has 6 heteroatoms. The summed E-state index contributed by atoms with van der Waals surface area (Å²) in [5.41, 5.74) is 3.39. The minimum Gasteiger partial charge on any atom is -0.281 e. The molecule has 1 fully saturated rings. The highest BCUT2D eigenvalue weighted by Gasteiger charge is 2.36. The maximum absolute atomic E-state index is 13.1. The highest BCUT2D eigenvalue weighted by molar-refractivity contribution is 7.14. The Balaban J connectivity index is 1.67. The van der Waals surface area contributed by atoms with E-state index in [0.717, 1.165) is 34.8 Å². The van der Waals surface area contributed by atoms with Crippen LogP contribution in [0.15, 0.2) is 48.1 Å². The van der Waals surface area contributed by atoms with Gasteiger partial charge in [-0.25, -0.2) is 4.98 Å². The van der Waals surface area contributed by atoms with Gasteiger partial charge >= 0.3 is 0 Å². The predicted molar refractivity (Wildman–Crippen MR) is 101 cm³/mol. The molecular weight excluding hydrogens is 354 g/mol. The zero-order valence-electron chi connectivity index (χ0n) is 13.6. The number of carbonyl (C=O) groups excluding carboxylic acids is 1. The fraction of sp³-hybridized carbons (Fsp3) is 0.211. The maximum Gasteiger partial charge on any atom is 0.261 e. The van der Waals surface area contributed by atoms with Gasteiger partial charge < -0.3 is 0 Å². The van der Waals surface area contributed by atoms with Crippen molar-refractivity contribution in [2.24, 2.45) is 0 Å². The molecule has 0 atom stereocenters. The van der Waals surface area contributed by atoms with Gasteiger partial charge in [-0.05, 0) is 43.5 Å². The number of anilines is 1. The summed E-state index contributed by atoms with van der Waals surface area (Å²) in [5.74, 6) is -0.0415. The van der Waals surface area contributed by atoms with Gasteiger partial charge in [0.05, 0.1) is 11.3 Å². The van der Waals surface area contributed by atoms with E-state index in [9.17, 15) is 4.79 Å². The fourth-order valence-corrected chi connectivity index (χ4v) is 3.69. The summed E-state index contributed by atoms with van der Waals surface area (Å²) in [6, 6.07) is 9.65. The third kappa shape index (κ3) is 3.43. The first-order chi connectivity index (χ1) is 12.1. The number of aryl methyl sites for hydroxylation is 1. The number of benzene rings is 1. The Morgan fingerprint density at radius 2 is 1.96 bits per heavy atom. The van der Waals surface area contributed by atoms with Crippen LogP contribution in [0.5, 0.6) is 0 Å². The van der Waals surface area contributed by atoms with Gasteiger partial charge in [0.1, 0.15) is 0 Å². The van der Waals surface area contributed by atoms with Crippen molar-refractivity contribution in [3.8, 4) is 11.1 Å². The van der Waals surface area contributed by atoms with E-state index in [2.05, 4.69) is 9.97 Å². The van der Waals surface area contributed by atoms with E-state index in [1.165, 1.54) is 11.3 Å². The number of amides is 1. The normalized spacial score (nSPS) is 13.7. The van der Waals surface area contributed by atoms with Crippen LogP contribution in [-0.2, 0) is 0 Å². The molecule has 1 aliphatic rings. The first kappa shape index (κ1) is 16.2. The average Bonchev–Trinajstić information content (AvgIpc) is 3.37. The predicted octanol–water partition coefficient (Wildman–Crippen LogP) is 4.98. The molecule has 2 aromatic heterocycles. The van der Waals surface area contributed by atoms with Crippen molar-refractivity contribution >= 4 is 34.0 Å². The van der Waals surface area contributed by atoms with E-state index in [1.54, 1.807) is 12.4 Å². The molecule has 1 saturated carbocycles. The van der Waals surface area contributed by atoms with Gasteiger partial charge in [-0.2, -0.15) is 0 Å². The molecule has 0 N–H and O–H groups in total. The molecular formula is C19H16ClN3OS. The van der Waals surface area contributed by atoms with Gasteiger partial charge in [0.15, 0.2) is 5.13 Å². The Morgan fingerprint density at radius 3 is 2.60 bits per heavy atom. The molecule has 25 heavy (non-hydrogen) atoms. The number of thiazole rings is 1. The Labute approximate surface area is 155 Å². The van der Waals surface area contributed by atoms with Crippen LogP contribution in [0.25, 0.3) is 11.1 Å². The van der Waals surface area contributed by atoms with E-state index < -0.39 is 0 Å². The summed E-state index contributed by atoms with van der Waals surface area (Å²) in [7, 11) is 0. The van der Waals surface area contributed by atoms with Gasteiger partial charge in [-0.1, -0.05) is 23.7 Å². The molecule has 126 valence electrons. The summed E-state index contributed by atoms with van der Waals surface area (Å²) >= 11 is 7.46. The number of nitrogens with zero attached hydrogens (tertiary/aromatic N) is 3. The van der Waals surface area contributed by atoms with Crippen molar-refractivity contribution in [3.63, 3.8) is 0 Å². The third-order valence-corrected chi connectivity index (χ3v) is 5.32. The molecule has 0 bridgehead atoms. The summed E-state index contributed by atoms with van der Waals surface area (Å²) in [6.07, 6.45) is 5.43. The Hall–Kier alpha value is -2.24. The molecule has 0 aliphatic heterocycles. The average molecular weight is 370 g/mol. The van der Waals surface area contributed by atoms with E-state index >= 15 is 0 Å². The zero-order chi connectivity index (χ0) is 17.4. The van der Waals surface area contributed by atoms with Crippen molar-refractivity contribution in [3.05, 3.63) is 64.4 Å². The lowest BCUT2D eigenvalue weighted by Gasteiger charge is -2.19. The standard InChI is InChI=1S/C19H16ClN3OS/c1-12-11-25-19(22-12)23(17-6-7-17)18(24)15-8-14(9-21-10-15)13-2-4-16(20)5-3-13/h2-5,8-11,17H,6-7H2,1H3. The van der Waals surface area contributed by atoms with Crippen LogP contribution in [0.1, 0.15) is 28.9 Å². The monoisotopic (exact) mass is 369 g/mol. The van der Waals surface area contributed by atoms with Crippen molar-refractivity contribution in [2.75, 3.05) is 4.90 Å². The number of pyridine rings is 1. The van der Waals surface area contributed by atoms with Crippen LogP contribution in [-0.4, -0.2) is 21.9 Å². The number of aromatic nitrogens is 2. The zero-order valence-corrected chi connectivity index (χ0v) is 15.2. The molecule has 2 heterocycles. The van der Waals surface area contributed by atoms with Crippen LogP contribution >= 0.6 is 22.9 Å². The van der Waals surface area contributed by atoms with E-state index in [1.807, 2.05) is 47.5 Å². The van der Waals surface area contributed by atoms with Gasteiger partial charge in [0.2, 0.25) is 0 Å². The quantitative estimate of drug-likeness (QED) is 0.651. The molecule has 1 aliphatic carbocycles. The lowest BCUT2D eigenvalue weighted by molar-refractivity contribution is 0.0985. The lowest BCUT2D eigenvalue weighted by Crippen LogP contribution is -2.33. The first-order valence-electron chi connectivity index (χ1n) is 8.08. The molecule has 0 radical (unpaired) electrons. The number of halogens is 1. The second kappa shape index (κ2) is 6.58. The topological polar surface area (TPSA) is 46.1 Å². The second-order valence-electron chi connectivity index (χ2n) is 6.15. The van der Waals surface area contributed by atoms with E-state index in [0.29, 0.717) is 10.6 Å². The maximum atomic E-state index is 13.1. The summed E-state index contributed by atoms with van der Waals surface area (Å²) < 4.78 is 0. The Bertz CT molecular complexity index is 918. The molecule has 4 rings (SSSR count). The van der Waals surface area contributed by atoms with Crippen LogP contribution in [0.4, 0.5) is 5.13 Å². The first-order valence-corrected chi connectivity index (χ1v) is 9.34. The van der Waals surface area contributed by atoms with Crippen LogP contribution in [0.3, 0.4) is 0 Å². The van der Waals surface area contributed by atoms with Gasteiger partial charge in [-0.15, -0.1) is 11.3 Å². The Kier molecular flexibility index (Phi) is 4.27. The largest absolute Gasteiger partial charge is 0.281 e. The van der Waals surface area contributed by atoms with Gasteiger partial charge in [-0.3, -0.25) is 14.7 Å². The molecule has 3 aromatic rings. The lowest BCUT2D eigenvalue weighted by atomic mass is 10.1. The minimum atomic E-state index is -0.0415. The smallest absolute Gasteiger partial charge is 0.261 e. The van der Waals surface area contributed by atoms with Crippen molar-refractivity contribution < 1.29 is 4.79 Å². The number of hydrogen-bond donors (Lipinski definition) is 0. The SMILES string of the molecule is Cc1csc(N(C(=O)c2cncc(-c3ccc(Cl)cc3)c2)C2CC2)n1. The minimum absolute atomic E-state index is 0.0415. The molecule has 4 nitrogen and oxygen atoms in total. The second-order valence-corrected chi connectivity index (χ2v) is 7.42. The van der Waals surface area contributed by atoms with E-state index in [4.69, 9.17) is 11.6 Å². The number of rotatable bonds is 4. The number of hydrogen-bond acceptors (Lipinski definition) is 4. The highest BCUT2D eigenvalue weighted by atomic mass is 35.5. The van der Waals surface area contributed by atoms with Crippen LogP contribution < -0.4 is 4.90 Å². The van der Waals surface area contributed by atoms with E-state index in [-0.39, 0.29) is 11.9 Å². The molecule has 0 spiro atoms. The van der Waals surface area contributed by atoms with Crippen molar-refractivity contribution in [2.45, 2.75) is 25.8 Å². The summed E-state index contributed by atoms with van der Waals surface area (Å²) in [5, 5.41) is 3.42. The summed E-state index contributed by atoms with van der Waals surface area (Å²) in [4.78, 5) is 23.7. The van der Waals surface area contributed by atoms with Crippen molar-refractivity contribution in [1.82, 2.24) is 9.97 Å². The highest BCUT2D eigenvalue weighted by Crippen LogP contribution is 2.35. The summed E-state index contributed by atoms with van der Waals surface area (Å²) in [6.45, 7) is 1.94. The molecule has 0 unspecified atom stereocenters. The van der Waals surface area contributed by atoms with Gasteiger partial charge in [0, 0.05) is 34.4 Å². The van der Waals surface area contributed by atoms with Gasteiger partial charge in [0.25, 0.3) is 5.91 Å². The molecule has 0 saturated heterocycles. The molecule has 1 amide bonds. The fourth-order valence-electron chi connectivity index (χ4n) is 2.69.